The van der Waals surface area contributed by atoms with Crippen LogP contribution in [-0.4, -0.2) is 17.1 Å². The SMILES string of the molecule is C#CC(CC)NCc1c(C(=O)O)oc2ccccc12. The van der Waals surface area contributed by atoms with Gasteiger partial charge in [0.2, 0.25) is 5.76 Å². The Balaban J connectivity index is 2.37. The fourth-order valence-corrected chi connectivity index (χ4v) is 1.99. The Hall–Kier alpha value is -2.25. The molecule has 0 aliphatic heterocycles. The van der Waals surface area contributed by atoms with Crippen molar-refractivity contribution in [3.05, 3.63) is 35.6 Å². The molecule has 0 aliphatic rings. The molecule has 2 N–H and O–H groups in total. The number of hydrogen-bond donors (Lipinski definition) is 2. The fourth-order valence-electron chi connectivity index (χ4n) is 1.99. The standard InChI is InChI=1S/C15H15NO3/c1-3-10(4-2)16-9-12-11-7-5-6-8-13(11)19-14(12)15(17)18/h1,5-8,10,16H,4,9H2,2H3,(H,17,18). The van der Waals surface area contributed by atoms with Crippen LogP contribution < -0.4 is 5.32 Å². The van der Waals surface area contributed by atoms with Crippen molar-refractivity contribution in [1.82, 2.24) is 5.32 Å². The number of hydrogen-bond acceptors (Lipinski definition) is 3. The number of rotatable bonds is 5. The number of carboxylic acid groups (broad SMARTS) is 1. The van der Waals surface area contributed by atoms with Crippen LogP contribution in [0.25, 0.3) is 11.0 Å². The first-order valence-corrected chi connectivity index (χ1v) is 6.10. The summed E-state index contributed by atoms with van der Waals surface area (Å²) in [6.07, 6.45) is 6.17. The highest BCUT2D eigenvalue weighted by molar-refractivity contribution is 5.95. The maximum atomic E-state index is 11.2. The number of furan rings is 1. The molecule has 1 aromatic heterocycles. The topological polar surface area (TPSA) is 62.5 Å². The molecule has 4 heteroatoms. The second-order valence-corrected chi connectivity index (χ2v) is 4.22. The first-order valence-electron chi connectivity index (χ1n) is 6.10. The number of terminal acetylenes is 1. The minimum atomic E-state index is -1.07. The highest BCUT2D eigenvalue weighted by atomic mass is 16.4. The molecule has 2 rings (SSSR count). The molecule has 4 nitrogen and oxygen atoms in total. The molecule has 2 aromatic rings. The summed E-state index contributed by atoms with van der Waals surface area (Å²) in [4.78, 5) is 11.2. The summed E-state index contributed by atoms with van der Waals surface area (Å²) in [5, 5.41) is 13.1. The van der Waals surface area contributed by atoms with Crippen molar-refractivity contribution in [2.45, 2.75) is 25.9 Å². The third-order valence-corrected chi connectivity index (χ3v) is 3.03. The van der Waals surface area contributed by atoms with Gasteiger partial charge in [-0.2, -0.15) is 0 Å². The molecule has 0 bridgehead atoms. The van der Waals surface area contributed by atoms with E-state index in [4.69, 9.17) is 10.8 Å². The van der Waals surface area contributed by atoms with E-state index < -0.39 is 5.97 Å². The predicted octanol–water partition coefficient (Wildman–Crippen LogP) is 2.63. The van der Waals surface area contributed by atoms with Crippen molar-refractivity contribution in [3.63, 3.8) is 0 Å². The molecule has 0 amide bonds. The van der Waals surface area contributed by atoms with E-state index in [9.17, 15) is 9.90 Å². The zero-order valence-electron chi connectivity index (χ0n) is 10.6. The molecule has 0 fully saturated rings. The molecule has 1 unspecified atom stereocenters. The largest absolute Gasteiger partial charge is 0.475 e. The van der Waals surface area contributed by atoms with E-state index in [-0.39, 0.29) is 11.8 Å². The Kier molecular flexibility index (Phi) is 3.88. The van der Waals surface area contributed by atoms with E-state index in [1.54, 1.807) is 6.07 Å². The van der Waals surface area contributed by atoms with Gasteiger partial charge < -0.3 is 9.52 Å². The molecule has 98 valence electrons. The lowest BCUT2D eigenvalue weighted by Crippen LogP contribution is -2.26. The Labute approximate surface area is 111 Å². The third kappa shape index (κ3) is 2.61. The van der Waals surface area contributed by atoms with Gasteiger partial charge in [0.05, 0.1) is 6.04 Å². The van der Waals surface area contributed by atoms with E-state index in [1.807, 2.05) is 25.1 Å². The first kappa shape index (κ1) is 13.2. The van der Waals surface area contributed by atoms with Crippen molar-refractivity contribution in [2.24, 2.45) is 0 Å². The average molecular weight is 257 g/mol. The lowest BCUT2D eigenvalue weighted by Gasteiger charge is -2.09. The second kappa shape index (κ2) is 5.59. The van der Waals surface area contributed by atoms with Crippen LogP contribution in [0.1, 0.15) is 29.5 Å². The molecular weight excluding hydrogens is 242 g/mol. The van der Waals surface area contributed by atoms with Crippen LogP contribution in [0.15, 0.2) is 28.7 Å². The van der Waals surface area contributed by atoms with Crippen molar-refractivity contribution < 1.29 is 14.3 Å². The number of benzene rings is 1. The Morgan fingerprint density at radius 1 is 1.53 bits per heavy atom. The van der Waals surface area contributed by atoms with Crippen molar-refractivity contribution in [2.75, 3.05) is 0 Å². The summed E-state index contributed by atoms with van der Waals surface area (Å²) in [6, 6.07) is 7.19. The normalized spacial score (nSPS) is 12.2. The van der Waals surface area contributed by atoms with Gasteiger partial charge in [-0.05, 0) is 12.5 Å². The van der Waals surface area contributed by atoms with Crippen LogP contribution in [0.3, 0.4) is 0 Å². The quantitative estimate of drug-likeness (QED) is 0.808. The molecule has 0 spiro atoms. The van der Waals surface area contributed by atoms with Gasteiger partial charge in [0.15, 0.2) is 0 Å². The highest BCUT2D eigenvalue weighted by Crippen LogP contribution is 2.25. The minimum Gasteiger partial charge on any atom is -0.475 e. The fraction of sp³-hybridized carbons (Fsp3) is 0.267. The molecule has 0 saturated heterocycles. The van der Waals surface area contributed by atoms with Gasteiger partial charge in [0, 0.05) is 17.5 Å². The highest BCUT2D eigenvalue weighted by Gasteiger charge is 2.19. The minimum absolute atomic E-state index is 0.0272. The van der Waals surface area contributed by atoms with Crippen molar-refractivity contribution >= 4 is 16.9 Å². The number of carbonyl (C=O) groups is 1. The van der Waals surface area contributed by atoms with Gasteiger partial charge in [0.25, 0.3) is 0 Å². The Morgan fingerprint density at radius 3 is 2.89 bits per heavy atom. The van der Waals surface area contributed by atoms with Gasteiger partial charge >= 0.3 is 5.97 Å². The van der Waals surface area contributed by atoms with Gasteiger partial charge in [-0.1, -0.05) is 31.0 Å². The molecule has 1 heterocycles. The smallest absolute Gasteiger partial charge is 0.372 e. The molecular formula is C15H15NO3. The van der Waals surface area contributed by atoms with Crippen LogP contribution in [-0.2, 0) is 6.54 Å². The number of nitrogens with one attached hydrogen (secondary N) is 1. The summed E-state index contributed by atoms with van der Waals surface area (Å²) < 4.78 is 5.37. The number of aromatic carboxylic acids is 1. The molecule has 1 atom stereocenters. The maximum absolute atomic E-state index is 11.2. The van der Waals surface area contributed by atoms with Crippen LogP contribution in [0.5, 0.6) is 0 Å². The zero-order chi connectivity index (χ0) is 13.8. The van der Waals surface area contributed by atoms with Gasteiger partial charge in [-0.15, -0.1) is 6.42 Å². The van der Waals surface area contributed by atoms with Crippen molar-refractivity contribution in [1.29, 1.82) is 0 Å². The Bertz CT molecular complexity index is 636. The summed E-state index contributed by atoms with van der Waals surface area (Å²) in [5.74, 6) is 1.53. The number of fused-ring (bicyclic) bond motifs is 1. The van der Waals surface area contributed by atoms with Gasteiger partial charge in [0.1, 0.15) is 5.58 Å². The van der Waals surface area contributed by atoms with E-state index in [1.165, 1.54) is 0 Å². The molecule has 0 saturated carbocycles. The number of para-hydroxylation sites is 1. The van der Waals surface area contributed by atoms with E-state index in [2.05, 4.69) is 11.2 Å². The van der Waals surface area contributed by atoms with Crippen LogP contribution in [0, 0.1) is 12.3 Å². The summed E-state index contributed by atoms with van der Waals surface area (Å²) in [5.41, 5.74) is 1.21. The molecule has 0 aliphatic carbocycles. The molecule has 0 radical (unpaired) electrons. The zero-order valence-corrected chi connectivity index (χ0v) is 10.6. The second-order valence-electron chi connectivity index (χ2n) is 4.22. The predicted molar refractivity (Wildman–Crippen MR) is 72.9 cm³/mol. The van der Waals surface area contributed by atoms with Gasteiger partial charge in [-0.25, -0.2) is 4.79 Å². The monoisotopic (exact) mass is 257 g/mol. The van der Waals surface area contributed by atoms with Crippen molar-refractivity contribution in [3.8, 4) is 12.3 Å². The summed E-state index contributed by atoms with van der Waals surface area (Å²) >= 11 is 0. The van der Waals surface area contributed by atoms with E-state index in [0.29, 0.717) is 17.7 Å². The van der Waals surface area contributed by atoms with Gasteiger partial charge in [-0.3, -0.25) is 5.32 Å². The lowest BCUT2D eigenvalue weighted by molar-refractivity contribution is 0.0663. The number of carboxylic acids is 1. The third-order valence-electron chi connectivity index (χ3n) is 3.03. The first-order chi connectivity index (χ1) is 9.17. The maximum Gasteiger partial charge on any atom is 0.372 e. The van der Waals surface area contributed by atoms with E-state index in [0.717, 1.165) is 11.8 Å². The lowest BCUT2D eigenvalue weighted by atomic mass is 10.1. The summed E-state index contributed by atoms with van der Waals surface area (Å²) in [7, 11) is 0. The average Bonchev–Trinajstić information content (AvgIpc) is 2.79. The van der Waals surface area contributed by atoms with Crippen LogP contribution >= 0.6 is 0 Å². The summed E-state index contributed by atoms with van der Waals surface area (Å²) in [6.45, 7) is 2.35. The Morgan fingerprint density at radius 2 is 2.26 bits per heavy atom. The van der Waals surface area contributed by atoms with E-state index >= 15 is 0 Å². The molecule has 19 heavy (non-hydrogen) atoms. The van der Waals surface area contributed by atoms with Crippen LogP contribution in [0.2, 0.25) is 0 Å². The van der Waals surface area contributed by atoms with Crippen LogP contribution in [0.4, 0.5) is 0 Å². The molecule has 1 aromatic carbocycles.